The number of carboxylic acid groups (broad SMARTS) is 1. The van der Waals surface area contributed by atoms with Gasteiger partial charge in [0.25, 0.3) is 0 Å². The monoisotopic (exact) mass is 684 g/mol. The standard InChI is InChI=1S/C26H28ClFN8O2S.C2HF3O2/c1-3-34(2)39(37,38)33-23-15-19(27)14-21(25(23)28)22-17-36(32-26(22)18-6-8-29-9-7-18)24-5-4-20(16-31-24)35-12-10-30-11-13-35;3-2(4,5)1(6)7/h4-9,14-17,30,33H,3,10-13H2,1-2H3;(H,6,7). The van der Waals surface area contributed by atoms with Crippen LogP contribution < -0.4 is 14.9 Å². The van der Waals surface area contributed by atoms with Crippen molar-refractivity contribution in [3.8, 4) is 28.2 Å². The van der Waals surface area contributed by atoms with E-state index in [1.807, 2.05) is 12.1 Å². The van der Waals surface area contributed by atoms with Crippen molar-refractivity contribution in [1.29, 1.82) is 0 Å². The van der Waals surface area contributed by atoms with Crippen LogP contribution in [0.15, 0.2) is 61.2 Å². The van der Waals surface area contributed by atoms with Crippen molar-refractivity contribution in [2.24, 2.45) is 0 Å². The van der Waals surface area contributed by atoms with Gasteiger partial charge < -0.3 is 15.3 Å². The van der Waals surface area contributed by atoms with Crippen LogP contribution in [0.2, 0.25) is 5.02 Å². The predicted molar refractivity (Wildman–Crippen MR) is 165 cm³/mol. The zero-order valence-corrected chi connectivity index (χ0v) is 26.0. The van der Waals surface area contributed by atoms with E-state index in [0.717, 1.165) is 36.2 Å². The molecule has 5 rings (SSSR count). The molecule has 0 amide bonds. The van der Waals surface area contributed by atoms with Crippen LogP contribution in [-0.2, 0) is 15.0 Å². The van der Waals surface area contributed by atoms with Crippen LogP contribution in [0, 0.1) is 5.82 Å². The third-order valence-corrected chi connectivity index (χ3v) is 8.56. The Hall–Kier alpha value is -4.32. The lowest BCUT2D eigenvalue weighted by molar-refractivity contribution is -0.192. The van der Waals surface area contributed by atoms with Crippen molar-refractivity contribution in [2.45, 2.75) is 13.1 Å². The van der Waals surface area contributed by atoms with E-state index in [1.54, 1.807) is 48.5 Å². The van der Waals surface area contributed by atoms with E-state index in [9.17, 15) is 21.6 Å². The number of carboxylic acids is 1. The Labute approximate surface area is 266 Å². The van der Waals surface area contributed by atoms with Crippen molar-refractivity contribution in [3.05, 3.63) is 72.0 Å². The first-order chi connectivity index (χ1) is 21.7. The second kappa shape index (κ2) is 14.4. The van der Waals surface area contributed by atoms with Gasteiger partial charge in [0.2, 0.25) is 0 Å². The van der Waals surface area contributed by atoms with Gasteiger partial charge in [-0.2, -0.15) is 31.0 Å². The summed E-state index contributed by atoms with van der Waals surface area (Å²) >= 11 is 6.35. The summed E-state index contributed by atoms with van der Waals surface area (Å²) in [6.07, 6.45) is 1.61. The largest absolute Gasteiger partial charge is 0.490 e. The molecule has 3 N–H and O–H groups in total. The Morgan fingerprint density at radius 2 is 1.78 bits per heavy atom. The number of halogens is 5. The number of nitrogens with zero attached hydrogens (tertiary/aromatic N) is 6. The first-order valence-corrected chi connectivity index (χ1v) is 15.5. The summed E-state index contributed by atoms with van der Waals surface area (Å²) < 4.78 is 77.9. The van der Waals surface area contributed by atoms with Gasteiger partial charge in [-0.1, -0.05) is 18.5 Å². The molecule has 12 nitrogen and oxygen atoms in total. The molecule has 0 radical (unpaired) electrons. The van der Waals surface area contributed by atoms with E-state index in [4.69, 9.17) is 26.6 Å². The van der Waals surface area contributed by atoms with Crippen LogP contribution in [-0.4, -0.2) is 89.5 Å². The normalized spacial score (nSPS) is 13.7. The van der Waals surface area contributed by atoms with E-state index in [-0.39, 0.29) is 22.8 Å². The number of aromatic nitrogens is 4. The maximum atomic E-state index is 15.9. The summed E-state index contributed by atoms with van der Waals surface area (Å²) in [5.74, 6) is -2.99. The van der Waals surface area contributed by atoms with Crippen LogP contribution in [0.5, 0.6) is 0 Å². The minimum Gasteiger partial charge on any atom is -0.475 e. The number of nitrogens with one attached hydrogen (secondary N) is 2. The Kier molecular flexibility index (Phi) is 10.8. The molecule has 246 valence electrons. The van der Waals surface area contributed by atoms with Crippen LogP contribution >= 0.6 is 11.6 Å². The molecule has 46 heavy (non-hydrogen) atoms. The lowest BCUT2D eigenvalue weighted by atomic mass is 10.0. The number of piperazine rings is 1. The minimum absolute atomic E-state index is 0.0925. The first-order valence-electron chi connectivity index (χ1n) is 13.7. The van der Waals surface area contributed by atoms with Crippen molar-refractivity contribution < 1.29 is 35.9 Å². The molecule has 0 aliphatic carbocycles. The van der Waals surface area contributed by atoms with Crippen molar-refractivity contribution in [2.75, 3.05) is 49.4 Å². The Morgan fingerprint density at radius 3 is 2.35 bits per heavy atom. The number of hydrogen-bond acceptors (Lipinski definition) is 8. The van der Waals surface area contributed by atoms with Gasteiger partial charge in [0, 0.05) is 80.1 Å². The number of benzene rings is 1. The van der Waals surface area contributed by atoms with Crippen molar-refractivity contribution in [1.82, 2.24) is 29.4 Å². The Morgan fingerprint density at radius 1 is 1.13 bits per heavy atom. The molecule has 0 atom stereocenters. The molecule has 4 aromatic rings. The molecule has 0 unspecified atom stereocenters. The topological polar surface area (TPSA) is 146 Å². The molecule has 1 fully saturated rings. The van der Waals surface area contributed by atoms with Crippen molar-refractivity contribution in [3.63, 3.8) is 0 Å². The van der Waals surface area contributed by atoms with Crippen LogP contribution in [0.3, 0.4) is 0 Å². The van der Waals surface area contributed by atoms with E-state index >= 15 is 4.39 Å². The molecule has 0 spiro atoms. The molecule has 0 saturated carbocycles. The fraction of sp³-hybridized carbons (Fsp3) is 0.286. The summed E-state index contributed by atoms with van der Waals surface area (Å²) in [6, 6.07) is 10.1. The van der Waals surface area contributed by atoms with Gasteiger partial charge in [0.1, 0.15) is 5.69 Å². The molecule has 1 saturated heterocycles. The zero-order chi connectivity index (χ0) is 33.6. The van der Waals surface area contributed by atoms with E-state index in [1.165, 1.54) is 19.2 Å². The third-order valence-electron chi connectivity index (χ3n) is 6.78. The lowest BCUT2D eigenvalue weighted by Gasteiger charge is -2.29. The number of hydrogen-bond donors (Lipinski definition) is 3. The average molecular weight is 685 g/mol. The molecule has 0 bridgehead atoms. The van der Waals surface area contributed by atoms with Gasteiger partial charge in [-0.25, -0.2) is 18.9 Å². The second-order valence-electron chi connectivity index (χ2n) is 9.82. The first kappa shape index (κ1) is 34.6. The molecule has 1 aliphatic heterocycles. The zero-order valence-electron chi connectivity index (χ0n) is 24.5. The number of pyridine rings is 2. The Bertz CT molecular complexity index is 1770. The molecule has 1 aliphatic rings. The number of alkyl halides is 3. The van der Waals surface area contributed by atoms with E-state index < -0.39 is 28.2 Å². The van der Waals surface area contributed by atoms with Crippen LogP contribution in [0.1, 0.15) is 6.92 Å². The summed E-state index contributed by atoms with van der Waals surface area (Å²) in [4.78, 5) is 19.8. The Balaban J connectivity index is 0.000000617. The highest BCUT2D eigenvalue weighted by molar-refractivity contribution is 7.90. The fourth-order valence-corrected chi connectivity index (χ4v) is 5.42. The highest BCUT2D eigenvalue weighted by Crippen LogP contribution is 2.38. The van der Waals surface area contributed by atoms with Crippen molar-refractivity contribution >= 4 is 39.2 Å². The fourth-order valence-electron chi connectivity index (χ4n) is 4.28. The van der Waals surface area contributed by atoms with Gasteiger partial charge in [0.15, 0.2) is 11.6 Å². The number of aliphatic carboxylic acids is 1. The quantitative estimate of drug-likeness (QED) is 0.229. The van der Waals surface area contributed by atoms with E-state index in [0.29, 0.717) is 22.6 Å². The third kappa shape index (κ3) is 8.28. The molecule has 1 aromatic carbocycles. The summed E-state index contributed by atoms with van der Waals surface area (Å²) in [6.45, 7) is 5.51. The van der Waals surface area contributed by atoms with Crippen LogP contribution in [0.4, 0.5) is 28.9 Å². The molecular formula is C28H29ClF4N8O4S. The lowest BCUT2D eigenvalue weighted by Crippen LogP contribution is -2.43. The average Bonchev–Trinajstić information content (AvgIpc) is 3.48. The second-order valence-corrected chi connectivity index (χ2v) is 12.0. The highest BCUT2D eigenvalue weighted by Gasteiger charge is 2.38. The van der Waals surface area contributed by atoms with Crippen LogP contribution in [0.25, 0.3) is 28.2 Å². The molecular weight excluding hydrogens is 656 g/mol. The summed E-state index contributed by atoms with van der Waals surface area (Å²) in [5, 5.41) is 15.4. The SMILES string of the molecule is CCN(C)S(=O)(=O)Nc1cc(Cl)cc(-c2cn(-c3ccc(N4CCNCC4)cn3)nc2-c2ccncc2)c1F.O=C(O)C(F)(F)F. The maximum absolute atomic E-state index is 15.9. The predicted octanol–water partition coefficient (Wildman–Crippen LogP) is 4.44. The number of rotatable bonds is 8. The number of carbonyl (C=O) groups is 1. The highest BCUT2D eigenvalue weighted by atomic mass is 35.5. The minimum atomic E-state index is -5.08. The molecule has 4 heterocycles. The smallest absolute Gasteiger partial charge is 0.475 e. The van der Waals surface area contributed by atoms with Gasteiger partial charge in [-0.3, -0.25) is 9.71 Å². The van der Waals surface area contributed by atoms with Gasteiger partial charge in [-0.15, -0.1) is 0 Å². The molecule has 3 aromatic heterocycles. The number of anilines is 2. The van der Waals surface area contributed by atoms with Gasteiger partial charge in [-0.05, 0) is 36.4 Å². The molecule has 18 heteroatoms. The summed E-state index contributed by atoms with van der Waals surface area (Å²) in [7, 11) is -2.58. The van der Waals surface area contributed by atoms with E-state index in [2.05, 4.69) is 24.9 Å². The maximum Gasteiger partial charge on any atom is 0.490 e. The summed E-state index contributed by atoms with van der Waals surface area (Å²) in [5.41, 5.74) is 2.42. The van der Waals surface area contributed by atoms with Gasteiger partial charge >= 0.3 is 22.4 Å². The van der Waals surface area contributed by atoms with Gasteiger partial charge in [0.05, 0.1) is 17.6 Å².